The normalized spacial score (nSPS) is 30.1. The van der Waals surface area contributed by atoms with Gasteiger partial charge < -0.3 is 24.4 Å². The van der Waals surface area contributed by atoms with Gasteiger partial charge in [-0.2, -0.15) is 0 Å². The van der Waals surface area contributed by atoms with Crippen LogP contribution in [-0.4, -0.2) is 75.2 Å². The van der Waals surface area contributed by atoms with Crippen molar-refractivity contribution in [1.29, 1.82) is 0 Å². The van der Waals surface area contributed by atoms with Gasteiger partial charge in [0.05, 0.1) is 30.8 Å². The molecule has 212 valence electrons. The highest BCUT2D eigenvalue weighted by molar-refractivity contribution is 5.99. The zero-order chi connectivity index (χ0) is 28.6. The van der Waals surface area contributed by atoms with Crippen LogP contribution in [-0.2, 0) is 23.9 Å². The van der Waals surface area contributed by atoms with E-state index in [0.29, 0.717) is 31.2 Å². The molecule has 8 nitrogen and oxygen atoms in total. The first kappa shape index (κ1) is 29.0. The number of nitrogens with zero attached hydrogens (tertiary/aromatic N) is 2. The van der Waals surface area contributed by atoms with E-state index in [1.165, 1.54) is 4.90 Å². The number of allylic oxidation sites excluding steroid dienone is 1. The number of fused-ring (bicyclic) bond motifs is 1. The van der Waals surface area contributed by atoms with E-state index < -0.39 is 46.6 Å². The maximum atomic E-state index is 14.5. The quantitative estimate of drug-likeness (QED) is 0.262. The molecule has 3 aliphatic heterocycles. The van der Waals surface area contributed by atoms with Gasteiger partial charge in [0.15, 0.2) is 0 Å². The number of unbranched alkanes of at least 4 members (excludes halogenated alkanes) is 1. The SMILES string of the molecule is C=CCCCOC(=O)[C@H]1[C@H]2C(=O)N([C@H](CO)c3ccccc3)C(C(=O)N(CC=C)C(C)(C)C)C23CC[C@]1(C)O3. The Labute approximate surface area is 231 Å². The molecule has 4 rings (SSSR count). The van der Waals surface area contributed by atoms with E-state index in [-0.39, 0.29) is 31.6 Å². The van der Waals surface area contributed by atoms with Crippen molar-refractivity contribution in [3.8, 4) is 0 Å². The molecule has 3 heterocycles. The van der Waals surface area contributed by atoms with Crippen molar-refractivity contribution in [3.05, 3.63) is 61.2 Å². The Bertz CT molecular complexity index is 1110. The largest absolute Gasteiger partial charge is 0.465 e. The fourth-order valence-corrected chi connectivity index (χ4v) is 6.83. The average Bonchev–Trinajstić information content (AvgIpc) is 3.46. The summed E-state index contributed by atoms with van der Waals surface area (Å²) in [4.78, 5) is 45.7. The van der Waals surface area contributed by atoms with Gasteiger partial charge in [-0.1, -0.05) is 42.5 Å². The molecule has 2 unspecified atom stereocenters. The van der Waals surface area contributed by atoms with Crippen LogP contribution >= 0.6 is 0 Å². The summed E-state index contributed by atoms with van der Waals surface area (Å²) in [5.74, 6) is -2.86. The van der Waals surface area contributed by atoms with E-state index in [4.69, 9.17) is 9.47 Å². The average molecular weight is 539 g/mol. The second kappa shape index (κ2) is 10.9. The highest BCUT2D eigenvalue weighted by Gasteiger charge is 2.79. The van der Waals surface area contributed by atoms with Gasteiger partial charge in [-0.25, -0.2) is 0 Å². The molecular weight excluding hydrogens is 496 g/mol. The summed E-state index contributed by atoms with van der Waals surface area (Å²) in [5.41, 5.74) is -1.99. The van der Waals surface area contributed by atoms with Gasteiger partial charge in [0, 0.05) is 12.1 Å². The lowest BCUT2D eigenvalue weighted by Crippen LogP contribution is -2.60. The first-order valence-electron chi connectivity index (χ1n) is 13.8. The third-order valence-electron chi connectivity index (χ3n) is 8.58. The number of hydrogen-bond acceptors (Lipinski definition) is 6. The number of hydrogen-bond donors (Lipinski definition) is 1. The molecule has 3 aliphatic rings. The molecule has 0 aliphatic carbocycles. The number of esters is 1. The number of aliphatic hydroxyl groups excluding tert-OH is 1. The van der Waals surface area contributed by atoms with Crippen LogP contribution in [0.15, 0.2) is 55.6 Å². The summed E-state index contributed by atoms with van der Waals surface area (Å²) in [6, 6.07) is 7.38. The lowest BCUT2D eigenvalue weighted by molar-refractivity contribution is -0.163. The summed E-state index contributed by atoms with van der Waals surface area (Å²) >= 11 is 0. The standard InChI is InChI=1S/C31H42N2O6/c1-7-9-13-19-38-28(37)24-23-26(35)33(22(20-34)21-14-11-10-12-15-21)25(31(23)17-16-30(24,6)39-31)27(36)32(18-8-2)29(3,4)5/h7-8,10-12,14-15,22-25,34H,1-2,9,13,16-20H2,3-6H3/t22-,23+,24-,25?,30+,31?/m1/s1. The molecule has 3 saturated heterocycles. The highest BCUT2D eigenvalue weighted by atomic mass is 16.6. The minimum Gasteiger partial charge on any atom is -0.465 e. The molecule has 1 aromatic rings. The Morgan fingerprint density at radius 3 is 2.51 bits per heavy atom. The highest BCUT2D eigenvalue weighted by Crippen LogP contribution is 2.64. The molecular formula is C31H42N2O6. The van der Waals surface area contributed by atoms with E-state index in [1.807, 2.05) is 58.0 Å². The van der Waals surface area contributed by atoms with Gasteiger partial charge >= 0.3 is 5.97 Å². The number of rotatable bonds is 11. The predicted octanol–water partition coefficient (Wildman–Crippen LogP) is 3.81. The third kappa shape index (κ3) is 4.82. The predicted molar refractivity (Wildman–Crippen MR) is 147 cm³/mol. The van der Waals surface area contributed by atoms with Gasteiger partial charge in [-0.05, 0) is 58.9 Å². The van der Waals surface area contributed by atoms with Crippen LogP contribution in [0.25, 0.3) is 0 Å². The molecule has 1 N–H and O–H groups in total. The van der Waals surface area contributed by atoms with E-state index in [9.17, 15) is 19.5 Å². The second-order valence-corrected chi connectivity index (χ2v) is 12.1. The Balaban J connectivity index is 1.82. The Kier molecular flexibility index (Phi) is 8.11. The van der Waals surface area contributed by atoms with Crippen molar-refractivity contribution in [2.24, 2.45) is 11.8 Å². The van der Waals surface area contributed by atoms with Crippen LogP contribution in [0.3, 0.4) is 0 Å². The fraction of sp³-hybridized carbons (Fsp3) is 0.581. The maximum absolute atomic E-state index is 14.5. The van der Waals surface area contributed by atoms with E-state index >= 15 is 0 Å². The molecule has 8 heteroatoms. The minimum absolute atomic E-state index is 0.220. The van der Waals surface area contributed by atoms with Crippen LogP contribution in [0.2, 0.25) is 0 Å². The fourth-order valence-electron chi connectivity index (χ4n) is 6.83. The van der Waals surface area contributed by atoms with Gasteiger partial charge in [0.25, 0.3) is 0 Å². The third-order valence-corrected chi connectivity index (χ3v) is 8.58. The summed E-state index contributed by atoms with van der Waals surface area (Å²) in [6.07, 6.45) is 5.75. The topological polar surface area (TPSA) is 96.4 Å². The number of benzene rings is 1. The molecule has 1 spiro atoms. The summed E-state index contributed by atoms with van der Waals surface area (Å²) < 4.78 is 12.4. The van der Waals surface area contributed by atoms with Gasteiger partial charge in [0.2, 0.25) is 11.8 Å². The number of carbonyl (C=O) groups excluding carboxylic acids is 3. The Hall–Kier alpha value is -2.97. The van der Waals surface area contributed by atoms with Gasteiger partial charge in [0.1, 0.15) is 17.6 Å². The monoisotopic (exact) mass is 538 g/mol. The second-order valence-electron chi connectivity index (χ2n) is 12.1. The lowest BCUT2D eigenvalue weighted by atomic mass is 9.66. The van der Waals surface area contributed by atoms with E-state index in [2.05, 4.69) is 13.2 Å². The molecule has 2 amide bonds. The van der Waals surface area contributed by atoms with Crippen LogP contribution in [0.1, 0.15) is 65.0 Å². The zero-order valence-corrected chi connectivity index (χ0v) is 23.6. The Morgan fingerprint density at radius 1 is 1.23 bits per heavy atom. The van der Waals surface area contributed by atoms with Crippen LogP contribution in [0, 0.1) is 11.8 Å². The summed E-state index contributed by atoms with van der Waals surface area (Å²) in [5, 5.41) is 10.6. The summed E-state index contributed by atoms with van der Waals surface area (Å²) in [6.45, 7) is 15.3. The van der Waals surface area contributed by atoms with Crippen molar-refractivity contribution >= 4 is 17.8 Å². The van der Waals surface area contributed by atoms with Gasteiger partial charge in [-0.3, -0.25) is 14.4 Å². The number of amides is 2. The van der Waals surface area contributed by atoms with E-state index in [1.54, 1.807) is 17.1 Å². The molecule has 6 atom stereocenters. The lowest BCUT2D eigenvalue weighted by Gasteiger charge is -2.43. The molecule has 0 aromatic heterocycles. The number of likely N-dealkylation sites (tertiary alicyclic amines) is 1. The van der Waals surface area contributed by atoms with E-state index in [0.717, 1.165) is 0 Å². The molecule has 2 bridgehead atoms. The Morgan fingerprint density at radius 2 is 1.92 bits per heavy atom. The minimum atomic E-state index is -1.21. The molecule has 39 heavy (non-hydrogen) atoms. The first-order valence-corrected chi connectivity index (χ1v) is 13.8. The van der Waals surface area contributed by atoms with Crippen LogP contribution in [0.4, 0.5) is 0 Å². The molecule has 0 saturated carbocycles. The van der Waals surface area contributed by atoms with Crippen molar-refractivity contribution in [1.82, 2.24) is 9.80 Å². The van der Waals surface area contributed by atoms with Crippen molar-refractivity contribution in [2.75, 3.05) is 19.8 Å². The van der Waals surface area contributed by atoms with Crippen molar-refractivity contribution in [3.63, 3.8) is 0 Å². The molecule has 1 aromatic carbocycles. The summed E-state index contributed by atoms with van der Waals surface area (Å²) in [7, 11) is 0. The van der Waals surface area contributed by atoms with Gasteiger partial charge in [-0.15, -0.1) is 13.2 Å². The number of carbonyl (C=O) groups is 3. The number of ether oxygens (including phenoxy) is 2. The van der Waals surface area contributed by atoms with Crippen molar-refractivity contribution in [2.45, 2.75) is 82.2 Å². The van der Waals surface area contributed by atoms with Crippen LogP contribution in [0.5, 0.6) is 0 Å². The molecule has 3 fully saturated rings. The first-order chi connectivity index (χ1) is 18.5. The van der Waals surface area contributed by atoms with Crippen LogP contribution < -0.4 is 0 Å². The smallest absolute Gasteiger partial charge is 0.312 e. The maximum Gasteiger partial charge on any atom is 0.312 e. The number of aliphatic hydroxyl groups is 1. The zero-order valence-electron chi connectivity index (χ0n) is 23.6. The van der Waals surface area contributed by atoms with Crippen molar-refractivity contribution < 1.29 is 29.0 Å². The molecule has 0 radical (unpaired) electrons.